The van der Waals surface area contributed by atoms with Gasteiger partial charge in [0.25, 0.3) is 0 Å². The van der Waals surface area contributed by atoms with Crippen LogP contribution in [0.3, 0.4) is 0 Å². The maximum Gasteiger partial charge on any atom is 0.310 e. The summed E-state index contributed by atoms with van der Waals surface area (Å²) in [7, 11) is 0. The van der Waals surface area contributed by atoms with Crippen molar-refractivity contribution in [2.75, 3.05) is 13.2 Å². The molecule has 6 nitrogen and oxygen atoms in total. The average molecular weight is 853 g/mol. The molecule has 6 heteroatoms. The van der Waals surface area contributed by atoms with Gasteiger partial charge in [-0.25, -0.2) is 0 Å². The lowest BCUT2D eigenvalue weighted by molar-refractivity contribution is -0.166. The van der Waals surface area contributed by atoms with Gasteiger partial charge in [-0.2, -0.15) is 0 Å². The largest absolute Gasteiger partial charge is 0.462 e. The summed E-state index contributed by atoms with van der Waals surface area (Å²) in [5.74, 6) is -1.25. The van der Waals surface area contributed by atoms with Crippen LogP contribution in [0.5, 0.6) is 0 Å². The fourth-order valence-electron chi connectivity index (χ4n) is 5.60. The zero-order chi connectivity index (χ0) is 45.1. The molecule has 0 amide bonds. The first-order valence-corrected chi connectivity index (χ1v) is 23.8. The summed E-state index contributed by atoms with van der Waals surface area (Å²) in [6, 6.07) is 0. The van der Waals surface area contributed by atoms with Crippen molar-refractivity contribution in [2.24, 2.45) is 0 Å². The molecule has 0 spiro atoms. The first-order valence-electron chi connectivity index (χ1n) is 23.8. The molecule has 0 aromatic heterocycles. The summed E-state index contributed by atoms with van der Waals surface area (Å²) >= 11 is 0. The van der Waals surface area contributed by atoms with E-state index in [1.165, 1.54) is 19.3 Å². The van der Waals surface area contributed by atoms with E-state index in [0.29, 0.717) is 19.3 Å². The zero-order valence-electron chi connectivity index (χ0n) is 39.1. The van der Waals surface area contributed by atoms with Crippen LogP contribution in [0.4, 0.5) is 0 Å². The summed E-state index contributed by atoms with van der Waals surface area (Å²) < 4.78 is 16.5. The first kappa shape index (κ1) is 57.3. The summed E-state index contributed by atoms with van der Waals surface area (Å²) in [6.07, 6.45) is 70.2. The van der Waals surface area contributed by atoms with Gasteiger partial charge in [-0.15, -0.1) is 0 Å². The molecule has 62 heavy (non-hydrogen) atoms. The Balaban J connectivity index is 4.70. The van der Waals surface area contributed by atoms with Gasteiger partial charge in [0.15, 0.2) is 6.10 Å². The molecular formula is C56H84O6. The summed E-state index contributed by atoms with van der Waals surface area (Å²) in [5.41, 5.74) is 0. The van der Waals surface area contributed by atoms with Crippen LogP contribution in [0.25, 0.3) is 0 Å². The van der Waals surface area contributed by atoms with Crippen LogP contribution in [0, 0.1) is 0 Å². The Morgan fingerprint density at radius 3 is 1.13 bits per heavy atom. The van der Waals surface area contributed by atoms with Gasteiger partial charge in [0, 0.05) is 6.42 Å². The average Bonchev–Trinajstić information content (AvgIpc) is 3.27. The molecule has 0 bridgehead atoms. The SMILES string of the molecule is CC/C=C\C/C=C\C/C=C\C/C=C\C/C=C\CC(=O)OCC(COC(=O)CCCCCCC/C=C\C/C=C\CCCC)OC(=O)C/C=C\C/C=C\C/C=C\C/C=C\C/C=C\CC. The predicted molar refractivity (Wildman–Crippen MR) is 265 cm³/mol. The van der Waals surface area contributed by atoms with E-state index in [1.54, 1.807) is 12.2 Å². The Morgan fingerprint density at radius 2 is 0.694 bits per heavy atom. The highest BCUT2D eigenvalue weighted by atomic mass is 16.6. The fourth-order valence-corrected chi connectivity index (χ4v) is 5.60. The maximum atomic E-state index is 12.7. The van der Waals surface area contributed by atoms with E-state index >= 15 is 0 Å². The standard InChI is InChI=1S/C56H84O6/c1-4-7-10-13-16-19-22-25-28-31-34-37-40-43-46-49-55(58)61-52-53(51-60-54(57)48-45-42-39-36-33-30-27-24-21-18-15-12-9-6-3)62-56(59)50-47-44-41-38-35-32-29-26-23-20-17-14-11-8-5-2/h7-8,10-11,15-20,24-29,34-35,37-38,43-44,46-47,53H,4-6,9,12-14,21-23,30-33,36,39-42,45,48-52H2,1-3H3/b10-7-,11-8-,18-15-,19-16-,20-17-,27-24-,28-25-,29-26-,37-34-,38-35-,46-43-,47-44-. The van der Waals surface area contributed by atoms with E-state index in [2.05, 4.69) is 142 Å². The Morgan fingerprint density at radius 1 is 0.355 bits per heavy atom. The van der Waals surface area contributed by atoms with Crippen LogP contribution >= 0.6 is 0 Å². The van der Waals surface area contributed by atoms with E-state index < -0.39 is 18.0 Å². The number of carbonyl (C=O) groups is 3. The van der Waals surface area contributed by atoms with Crippen molar-refractivity contribution in [2.45, 2.75) is 175 Å². The third kappa shape index (κ3) is 46.4. The molecular weight excluding hydrogens is 769 g/mol. The van der Waals surface area contributed by atoms with Gasteiger partial charge in [0.1, 0.15) is 13.2 Å². The van der Waals surface area contributed by atoms with Crippen molar-refractivity contribution in [3.05, 3.63) is 146 Å². The molecule has 0 heterocycles. The molecule has 0 aromatic rings. The Labute approximate surface area is 378 Å². The summed E-state index contributed by atoms with van der Waals surface area (Å²) in [5, 5.41) is 0. The molecule has 0 fully saturated rings. The molecule has 0 aliphatic heterocycles. The number of rotatable bonds is 40. The minimum absolute atomic E-state index is 0.0673. The Kier molecular flexibility index (Phi) is 45.2. The molecule has 0 radical (unpaired) electrons. The highest BCUT2D eigenvalue weighted by Crippen LogP contribution is 2.10. The molecule has 1 unspecified atom stereocenters. The van der Waals surface area contributed by atoms with E-state index in [9.17, 15) is 14.4 Å². The predicted octanol–water partition coefficient (Wildman–Crippen LogP) is 15.7. The molecule has 1 atom stereocenters. The quantitative estimate of drug-likeness (QED) is 0.0264. The molecule has 344 valence electrons. The van der Waals surface area contributed by atoms with Crippen LogP contribution in [-0.4, -0.2) is 37.2 Å². The Hall–Kier alpha value is -4.71. The second kappa shape index (κ2) is 49.0. The van der Waals surface area contributed by atoms with E-state index in [4.69, 9.17) is 14.2 Å². The molecule has 0 saturated heterocycles. The van der Waals surface area contributed by atoms with Gasteiger partial charge < -0.3 is 14.2 Å². The van der Waals surface area contributed by atoms with E-state index in [-0.39, 0.29) is 32.0 Å². The second-order valence-corrected chi connectivity index (χ2v) is 14.9. The van der Waals surface area contributed by atoms with Crippen molar-refractivity contribution < 1.29 is 28.6 Å². The molecule has 0 saturated carbocycles. The van der Waals surface area contributed by atoms with Crippen LogP contribution in [0.15, 0.2) is 146 Å². The van der Waals surface area contributed by atoms with Crippen LogP contribution in [0.1, 0.15) is 168 Å². The molecule has 0 N–H and O–H groups in total. The van der Waals surface area contributed by atoms with Crippen molar-refractivity contribution in [3.8, 4) is 0 Å². The lowest BCUT2D eigenvalue weighted by atomic mass is 10.1. The van der Waals surface area contributed by atoms with Crippen molar-refractivity contribution >= 4 is 17.9 Å². The monoisotopic (exact) mass is 853 g/mol. The van der Waals surface area contributed by atoms with Crippen molar-refractivity contribution in [1.29, 1.82) is 0 Å². The molecule has 0 aromatic carbocycles. The molecule has 0 aliphatic carbocycles. The van der Waals surface area contributed by atoms with Gasteiger partial charge in [-0.3, -0.25) is 14.4 Å². The number of hydrogen-bond donors (Lipinski definition) is 0. The summed E-state index contributed by atoms with van der Waals surface area (Å²) in [6.45, 7) is 6.14. The van der Waals surface area contributed by atoms with Crippen molar-refractivity contribution in [3.63, 3.8) is 0 Å². The van der Waals surface area contributed by atoms with Gasteiger partial charge in [-0.05, 0) is 96.3 Å². The minimum Gasteiger partial charge on any atom is -0.462 e. The maximum absolute atomic E-state index is 12.7. The lowest BCUT2D eigenvalue weighted by Gasteiger charge is -2.17. The minimum atomic E-state index is -0.883. The highest BCUT2D eigenvalue weighted by molar-refractivity contribution is 5.72. The highest BCUT2D eigenvalue weighted by Gasteiger charge is 2.19. The zero-order valence-corrected chi connectivity index (χ0v) is 39.1. The van der Waals surface area contributed by atoms with Crippen molar-refractivity contribution in [1.82, 2.24) is 0 Å². The number of carbonyl (C=O) groups excluding carboxylic acids is 3. The smallest absolute Gasteiger partial charge is 0.310 e. The number of esters is 3. The van der Waals surface area contributed by atoms with E-state index in [1.807, 2.05) is 12.2 Å². The first-order chi connectivity index (χ1) is 30.5. The van der Waals surface area contributed by atoms with Crippen LogP contribution < -0.4 is 0 Å². The fraction of sp³-hybridized carbons (Fsp3) is 0.518. The van der Waals surface area contributed by atoms with Gasteiger partial charge in [0.05, 0.1) is 12.8 Å². The lowest BCUT2D eigenvalue weighted by Crippen LogP contribution is -2.30. The Bertz CT molecular complexity index is 1440. The third-order valence-electron chi connectivity index (χ3n) is 9.12. The second-order valence-electron chi connectivity index (χ2n) is 14.9. The van der Waals surface area contributed by atoms with Crippen LogP contribution in [0.2, 0.25) is 0 Å². The van der Waals surface area contributed by atoms with Gasteiger partial charge >= 0.3 is 17.9 Å². The van der Waals surface area contributed by atoms with Gasteiger partial charge in [-0.1, -0.05) is 199 Å². The van der Waals surface area contributed by atoms with E-state index in [0.717, 1.165) is 96.3 Å². The normalized spacial score (nSPS) is 13.4. The molecule has 0 aliphatic rings. The number of ether oxygens (including phenoxy) is 3. The number of hydrogen-bond acceptors (Lipinski definition) is 6. The number of unbranched alkanes of at least 4 members (excludes halogenated alkanes) is 7. The summed E-state index contributed by atoms with van der Waals surface area (Å²) in [4.78, 5) is 37.8. The van der Waals surface area contributed by atoms with Crippen LogP contribution in [-0.2, 0) is 28.6 Å². The molecule has 0 rings (SSSR count). The third-order valence-corrected chi connectivity index (χ3v) is 9.12. The van der Waals surface area contributed by atoms with Gasteiger partial charge in [0.2, 0.25) is 0 Å². The topological polar surface area (TPSA) is 78.9 Å². The number of allylic oxidation sites excluding steroid dienone is 22.